The quantitative estimate of drug-likeness (QED) is 0.600. The number of carboxylic acids is 1. The molecule has 32 heavy (non-hydrogen) atoms. The number of aromatic carboxylic acids is 1. The number of carboxylic acid groups (broad SMARTS) is 1. The van der Waals surface area contributed by atoms with Gasteiger partial charge in [-0.15, -0.1) is 5.10 Å². The molecule has 0 saturated heterocycles. The molecule has 1 amide bonds. The first kappa shape index (κ1) is 22.3. The van der Waals surface area contributed by atoms with Gasteiger partial charge >= 0.3 is 5.97 Å². The average Bonchev–Trinajstić information content (AvgIpc) is 3.09. The van der Waals surface area contributed by atoms with Crippen molar-refractivity contribution < 1.29 is 24.2 Å². The number of hydrogen-bond acceptors (Lipinski definition) is 8. The van der Waals surface area contributed by atoms with E-state index in [2.05, 4.69) is 36.3 Å². The second-order valence-electron chi connectivity index (χ2n) is 8.87. The third-order valence-corrected chi connectivity index (χ3v) is 7.97. The number of ether oxygens (including phenoxy) is 2. The minimum absolute atomic E-state index is 0.0113. The van der Waals surface area contributed by atoms with Gasteiger partial charge in [0.05, 0.1) is 42.6 Å². The number of benzene rings is 1. The minimum Gasteiger partial charge on any atom is -0.493 e. The first-order valence-electron chi connectivity index (χ1n) is 10.3. The van der Waals surface area contributed by atoms with E-state index in [0.29, 0.717) is 16.8 Å². The summed E-state index contributed by atoms with van der Waals surface area (Å²) < 4.78 is 10.4. The first-order chi connectivity index (χ1) is 15.1. The Labute approximate surface area is 190 Å². The number of rotatable bonds is 7. The molecule has 4 rings (SSSR count). The summed E-state index contributed by atoms with van der Waals surface area (Å²) in [5.74, 6) is -0.618. The molecule has 0 spiro atoms. The number of carbonyl (C=O) groups is 2. The van der Waals surface area contributed by atoms with Crippen LogP contribution in [0.15, 0.2) is 17.3 Å². The van der Waals surface area contributed by atoms with Crippen LogP contribution in [0.2, 0.25) is 0 Å². The van der Waals surface area contributed by atoms with E-state index in [0.717, 1.165) is 24.2 Å². The van der Waals surface area contributed by atoms with Gasteiger partial charge in [-0.3, -0.25) is 4.79 Å². The smallest absolute Gasteiger partial charge is 0.337 e. The van der Waals surface area contributed by atoms with Crippen LogP contribution in [0.5, 0.6) is 11.5 Å². The van der Waals surface area contributed by atoms with Crippen LogP contribution in [-0.2, 0) is 10.2 Å². The molecular weight excluding hydrogens is 432 g/mol. The normalized spacial score (nSPS) is 22.3. The van der Waals surface area contributed by atoms with E-state index in [9.17, 15) is 14.7 Å². The molecule has 2 unspecified atom stereocenters. The van der Waals surface area contributed by atoms with Gasteiger partial charge in [-0.2, -0.15) is 5.10 Å². The molecule has 1 aromatic carbocycles. The molecule has 2 N–H and O–H groups in total. The van der Waals surface area contributed by atoms with Crippen LogP contribution in [0.3, 0.4) is 0 Å². The molecule has 0 radical (unpaired) electrons. The number of thioether (sulfide) groups is 1. The number of aromatic nitrogens is 3. The molecule has 2 atom stereocenters. The Balaban J connectivity index is 1.49. The third kappa shape index (κ3) is 3.37. The molecular formula is C22H26N4O5S. The summed E-state index contributed by atoms with van der Waals surface area (Å²) in [5, 5.41) is 21.3. The number of carbonyl (C=O) groups excluding carboxylic acids is 1. The van der Waals surface area contributed by atoms with Gasteiger partial charge in [-0.1, -0.05) is 32.5 Å². The fourth-order valence-corrected chi connectivity index (χ4v) is 5.49. The van der Waals surface area contributed by atoms with Crippen molar-refractivity contribution in [3.8, 4) is 11.5 Å². The highest BCUT2D eigenvalue weighted by molar-refractivity contribution is 7.99. The molecule has 170 valence electrons. The van der Waals surface area contributed by atoms with Crippen molar-refractivity contribution in [2.75, 3.05) is 25.3 Å². The fourth-order valence-electron chi connectivity index (χ4n) is 4.90. The van der Waals surface area contributed by atoms with Crippen LogP contribution in [0.1, 0.15) is 61.3 Å². The summed E-state index contributed by atoms with van der Waals surface area (Å²) in [6.45, 7) is 6.76. The second-order valence-corrected chi connectivity index (χ2v) is 9.81. The van der Waals surface area contributed by atoms with Crippen molar-refractivity contribution in [1.29, 1.82) is 0 Å². The molecule has 0 aliphatic heterocycles. The summed E-state index contributed by atoms with van der Waals surface area (Å²) in [4.78, 5) is 28.9. The van der Waals surface area contributed by atoms with Gasteiger partial charge in [0, 0.05) is 23.5 Å². The molecule has 2 bridgehead atoms. The maximum atomic E-state index is 12.6. The lowest BCUT2D eigenvalue weighted by atomic mass is 9.70. The van der Waals surface area contributed by atoms with E-state index in [1.807, 2.05) is 0 Å². The van der Waals surface area contributed by atoms with Crippen LogP contribution >= 0.6 is 11.8 Å². The van der Waals surface area contributed by atoms with E-state index in [1.54, 1.807) is 0 Å². The van der Waals surface area contributed by atoms with E-state index >= 15 is 0 Å². The molecule has 1 heterocycles. The van der Waals surface area contributed by atoms with Crippen molar-refractivity contribution in [3.63, 3.8) is 0 Å². The highest BCUT2D eigenvalue weighted by atomic mass is 32.2. The lowest BCUT2D eigenvalue weighted by molar-refractivity contribution is -0.113. The van der Waals surface area contributed by atoms with Gasteiger partial charge in [0.15, 0.2) is 11.5 Å². The number of hydrogen-bond donors (Lipinski definition) is 2. The monoisotopic (exact) mass is 458 g/mol. The van der Waals surface area contributed by atoms with E-state index in [1.165, 1.54) is 38.1 Å². The molecule has 2 aromatic rings. The zero-order chi connectivity index (χ0) is 23.3. The number of methoxy groups -OCH3 is 2. The van der Waals surface area contributed by atoms with E-state index < -0.39 is 5.97 Å². The maximum Gasteiger partial charge on any atom is 0.337 e. The first-order valence-corrected chi connectivity index (χ1v) is 11.3. The summed E-state index contributed by atoms with van der Waals surface area (Å²) >= 11 is 1.17. The molecule has 2 aliphatic rings. The lowest BCUT2D eigenvalue weighted by Crippen LogP contribution is -2.32. The van der Waals surface area contributed by atoms with Gasteiger partial charge < -0.3 is 19.9 Å². The standard InChI is InChI=1S/C22H26N4O5S/c1-21(2)12-6-7-22(21,3)18-17(12)25-26-20(24-18)32-10-16(27)23-13-9-15(31-5)14(30-4)8-11(13)19(28)29/h8-9,12H,6-7,10H2,1-5H3,(H,23,27)(H,28,29). The largest absolute Gasteiger partial charge is 0.493 e. The average molecular weight is 459 g/mol. The Morgan fingerprint density at radius 3 is 2.53 bits per heavy atom. The summed E-state index contributed by atoms with van der Waals surface area (Å²) in [5.41, 5.74) is 2.04. The predicted octanol–water partition coefficient (Wildman–Crippen LogP) is 3.49. The van der Waals surface area contributed by atoms with Crippen molar-refractivity contribution in [3.05, 3.63) is 29.1 Å². The van der Waals surface area contributed by atoms with Gasteiger partial charge in [0.25, 0.3) is 0 Å². The zero-order valence-electron chi connectivity index (χ0n) is 18.7. The van der Waals surface area contributed by atoms with Gasteiger partial charge in [0.2, 0.25) is 11.1 Å². The maximum absolute atomic E-state index is 12.6. The Hall–Kier alpha value is -2.88. The van der Waals surface area contributed by atoms with Crippen LogP contribution in [0, 0.1) is 5.41 Å². The Morgan fingerprint density at radius 2 is 1.88 bits per heavy atom. The summed E-state index contributed by atoms with van der Waals surface area (Å²) in [6, 6.07) is 2.74. The van der Waals surface area contributed by atoms with Crippen LogP contribution in [-0.4, -0.2) is 52.1 Å². The molecule has 1 saturated carbocycles. The molecule has 10 heteroatoms. The van der Waals surface area contributed by atoms with Crippen molar-refractivity contribution in [2.24, 2.45) is 5.41 Å². The van der Waals surface area contributed by atoms with Crippen LogP contribution < -0.4 is 14.8 Å². The zero-order valence-corrected chi connectivity index (χ0v) is 19.5. The predicted molar refractivity (Wildman–Crippen MR) is 119 cm³/mol. The van der Waals surface area contributed by atoms with E-state index in [4.69, 9.17) is 14.5 Å². The topological polar surface area (TPSA) is 124 Å². The Bertz CT molecular complexity index is 1110. The van der Waals surface area contributed by atoms with Crippen molar-refractivity contribution in [2.45, 2.75) is 50.1 Å². The van der Waals surface area contributed by atoms with Crippen LogP contribution in [0.4, 0.5) is 5.69 Å². The van der Waals surface area contributed by atoms with Gasteiger partial charge in [-0.05, 0) is 18.3 Å². The molecule has 1 aromatic heterocycles. The van der Waals surface area contributed by atoms with Crippen molar-refractivity contribution >= 4 is 29.3 Å². The van der Waals surface area contributed by atoms with Gasteiger partial charge in [0.1, 0.15) is 0 Å². The highest BCUT2D eigenvalue weighted by Gasteiger charge is 2.61. The summed E-state index contributed by atoms with van der Waals surface area (Å²) in [7, 11) is 2.85. The lowest BCUT2D eigenvalue weighted by Gasteiger charge is -2.33. The highest BCUT2D eigenvalue weighted by Crippen LogP contribution is 2.66. The van der Waals surface area contributed by atoms with E-state index in [-0.39, 0.29) is 39.5 Å². The molecule has 2 aliphatic carbocycles. The second kappa shape index (κ2) is 7.91. The van der Waals surface area contributed by atoms with Gasteiger partial charge in [-0.25, -0.2) is 9.78 Å². The van der Waals surface area contributed by atoms with Crippen molar-refractivity contribution in [1.82, 2.24) is 15.2 Å². The molecule has 1 fully saturated rings. The van der Waals surface area contributed by atoms with Crippen LogP contribution in [0.25, 0.3) is 0 Å². The summed E-state index contributed by atoms with van der Waals surface area (Å²) in [6.07, 6.45) is 2.16. The minimum atomic E-state index is -1.19. The number of nitrogens with one attached hydrogen (secondary N) is 1. The molecule has 9 nitrogen and oxygen atoms in total. The number of amides is 1. The fraction of sp³-hybridized carbons (Fsp3) is 0.500. The Kier molecular flexibility index (Phi) is 5.52. The number of fused-ring (bicyclic) bond motifs is 5. The number of anilines is 1. The number of nitrogens with zero attached hydrogens (tertiary/aromatic N) is 3. The SMILES string of the molecule is COc1cc(NC(=O)CSc2nnc3c(n2)C2(C)CCC3C2(C)C)c(C(=O)O)cc1OC. The Morgan fingerprint density at radius 1 is 1.19 bits per heavy atom. The third-order valence-electron chi connectivity index (χ3n) is 7.13.